The molecule has 0 aliphatic rings. The van der Waals surface area contributed by atoms with Gasteiger partial charge in [-0.25, -0.2) is 4.39 Å². The lowest BCUT2D eigenvalue weighted by Gasteiger charge is -2.12. The van der Waals surface area contributed by atoms with E-state index < -0.39 is 0 Å². The highest BCUT2D eigenvalue weighted by molar-refractivity contribution is 7.09. The summed E-state index contributed by atoms with van der Waals surface area (Å²) in [4.78, 5) is 5.49. The predicted octanol–water partition coefficient (Wildman–Crippen LogP) is 2.67. The third kappa shape index (κ3) is 5.73. The minimum absolute atomic E-state index is 0.295. The lowest BCUT2D eigenvalue weighted by atomic mass is 10.3. The van der Waals surface area contributed by atoms with Gasteiger partial charge in [0.25, 0.3) is 0 Å². The molecule has 0 amide bonds. The van der Waals surface area contributed by atoms with Crippen molar-refractivity contribution in [1.82, 2.24) is 10.6 Å². The van der Waals surface area contributed by atoms with Crippen molar-refractivity contribution in [1.29, 1.82) is 0 Å². The number of benzene rings is 1. The number of hydrogen-bond acceptors (Lipinski definition) is 3. The summed E-state index contributed by atoms with van der Waals surface area (Å²) in [6, 6.07) is 10.3. The minimum Gasteiger partial charge on any atom is -0.492 e. The summed E-state index contributed by atoms with van der Waals surface area (Å²) < 4.78 is 18.5. The van der Waals surface area contributed by atoms with Gasteiger partial charge in [0, 0.05) is 24.5 Å². The molecule has 0 saturated carbocycles. The normalized spacial score (nSPS) is 11.3. The maximum Gasteiger partial charge on any atom is 0.191 e. The van der Waals surface area contributed by atoms with Crippen LogP contribution < -0.4 is 15.4 Å². The van der Waals surface area contributed by atoms with Crippen molar-refractivity contribution >= 4 is 17.3 Å². The summed E-state index contributed by atoms with van der Waals surface area (Å²) in [7, 11) is 1.73. The van der Waals surface area contributed by atoms with Crippen LogP contribution in [0.1, 0.15) is 4.88 Å². The zero-order chi connectivity index (χ0) is 15.6. The molecule has 2 aromatic rings. The number of nitrogens with zero attached hydrogens (tertiary/aromatic N) is 1. The molecule has 118 valence electrons. The van der Waals surface area contributed by atoms with E-state index in [1.54, 1.807) is 30.5 Å². The Morgan fingerprint density at radius 1 is 1.23 bits per heavy atom. The van der Waals surface area contributed by atoms with E-state index in [0.717, 1.165) is 18.9 Å². The van der Waals surface area contributed by atoms with E-state index in [-0.39, 0.29) is 5.82 Å². The molecule has 0 radical (unpaired) electrons. The van der Waals surface area contributed by atoms with Crippen LogP contribution in [0.3, 0.4) is 0 Å². The number of guanidine groups is 1. The fourth-order valence-electron chi connectivity index (χ4n) is 1.87. The second-order valence-electron chi connectivity index (χ2n) is 4.56. The lowest BCUT2D eigenvalue weighted by Crippen LogP contribution is -2.40. The number of halogens is 1. The second kappa shape index (κ2) is 9.04. The van der Waals surface area contributed by atoms with Gasteiger partial charge in [-0.05, 0) is 30.0 Å². The smallest absolute Gasteiger partial charge is 0.191 e. The van der Waals surface area contributed by atoms with E-state index in [1.165, 1.54) is 17.0 Å². The van der Waals surface area contributed by atoms with Gasteiger partial charge in [0.1, 0.15) is 18.2 Å². The molecule has 0 fully saturated rings. The SMILES string of the molecule is CN=C(NCCOc1cccc(F)c1)NCCc1cccs1. The number of nitrogens with one attached hydrogen (secondary N) is 2. The molecule has 1 aromatic carbocycles. The molecule has 0 saturated heterocycles. The third-order valence-electron chi connectivity index (χ3n) is 2.93. The molecule has 4 nitrogen and oxygen atoms in total. The Bertz CT molecular complexity index is 587. The van der Waals surface area contributed by atoms with Crippen molar-refractivity contribution in [2.24, 2.45) is 4.99 Å². The van der Waals surface area contributed by atoms with Crippen LogP contribution >= 0.6 is 11.3 Å². The van der Waals surface area contributed by atoms with Crippen LogP contribution in [0.15, 0.2) is 46.8 Å². The van der Waals surface area contributed by atoms with E-state index in [2.05, 4.69) is 33.1 Å². The van der Waals surface area contributed by atoms with Crippen molar-refractivity contribution in [3.8, 4) is 5.75 Å². The average molecular weight is 321 g/mol. The average Bonchev–Trinajstić information content (AvgIpc) is 3.03. The summed E-state index contributed by atoms with van der Waals surface area (Å²) in [6.07, 6.45) is 0.970. The molecule has 6 heteroatoms. The van der Waals surface area contributed by atoms with Gasteiger partial charge in [-0.15, -0.1) is 11.3 Å². The zero-order valence-electron chi connectivity index (χ0n) is 12.5. The molecule has 0 unspecified atom stereocenters. The second-order valence-corrected chi connectivity index (χ2v) is 5.59. The molecule has 1 aromatic heterocycles. The van der Waals surface area contributed by atoms with Crippen LogP contribution in [-0.4, -0.2) is 32.7 Å². The van der Waals surface area contributed by atoms with E-state index in [1.807, 2.05) is 0 Å². The van der Waals surface area contributed by atoms with Crippen LogP contribution in [0.2, 0.25) is 0 Å². The summed E-state index contributed by atoms with van der Waals surface area (Å²) in [5.74, 6) is 0.971. The van der Waals surface area contributed by atoms with Gasteiger partial charge in [-0.1, -0.05) is 12.1 Å². The van der Waals surface area contributed by atoms with Crippen molar-refractivity contribution in [3.63, 3.8) is 0 Å². The van der Waals surface area contributed by atoms with E-state index in [9.17, 15) is 4.39 Å². The predicted molar refractivity (Wildman–Crippen MR) is 89.3 cm³/mol. The number of aliphatic imine (C=N–C) groups is 1. The van der Waals surface area contributed by atoms with E-state index >= 15 is 0 Å². The molecule has 0 aliphatic heterocycles. The quantitative estimate of drug-likeness (QED) is 0.468. The van der Waals surface area contributed by atoms with Crippen molar-refractivity contribution in [2.75, 3.05) is 26.7 Å². The Morgan fingerprint density at radius 2 is 2.09 bits per heavy atom. The van der Waals surface area contributed by atoms with Gasteiger partial charge < -0.3 is 15.4 Å². The molecular weight excluding hydrogens is 301 g/mol. The highest BCUT2D eigenvalue weighted by Gasteiger charge is 1.99. The number of thiophene rings is 1. The van der Waals surface area contributed by atoms with Gasteiger partial charge in [0.15, 0.2) is 5.96 Å². The Hall–Kier alpha value is -2.08. The first-order valence-corrected chi connectivity index (χ1v) is 8.01. The lowest BCUT2D eigenvalue weighted by molar-refractivity contribution is 0.320. The van der Waals surface area contributed by atoms with E-state index in [4.69, 9.17) is 4.74 Å². The Balaban J connectivity index is 1.62. The third-order valence-corrected chi connectivity index (χ3v) is 3.86. The molecular formula is C16H20FN3OS. The minimum atomic E-state index is -0.295. The first-order chi connectivity index (χ1) is 10.8. The molecule has 2 rings (SSSR count). The number of ether oxygens (including phenoxy) is 1. The first-order valence-electron chi connectivity index (χ1n) is 7.13. The van der Waals surface area contributed by atoms with Gasteiger partial charge in [-0.3, -0.25) is 4.99 Å². The largest absolute Gasteiger partial charge is 0.492 e. The van der Waals surface area contributed by atoms with Crippen molar-refractivity contribution in [3.05, 3.63) is 52.5 Å². The summed E-state index contributed by atoms with van der Waals surface area (Å²) in [5, 5.41) is 8.48. The summed E-state index contributed by atoms with van der Waals surface area (Å²) in [5.41, 5.74) is 0. The maximum absolute atomic E-state index is 13.0. The number of hydrogen-bond donors (Lipinski definition) is 2. The highest BCUT2D eigenvalue weighted by Crippen LogP contribution is 2.11. The Kier molecular flexibility index (Phi) is 6.70. The van der Waals surface area contributed by atoms with Crippen LogP contribution in [-0.2, 0) is 6.42 Å². The van der Waals surface area contributed by atoms with Crippen LogP contribution in [0, 0.1) is 5.82 Å². The topological polar surface area (TPSA) is 45.7 Å². The summed E-state index contributed by atoms with van der Waals surface area (Å²) in [6.45, 7) is 1.86. The first kappa shape index (κ1) is 16.3. The van der Waals surface area contributed by atoms with Gasteiger partial charge in [0.2, 0.25) is 0 Å². The molecule has 2 N–H and O–H groups in total. The zero-order valence-corrected chi connectivity index (χ0v) is 13.3. The monoisotopic (exact) mass is 321 g/mol. The molecule has 0 bridgehead atoms. The van der Waals surface area contributed by atoms with Crippen molar-refractivity contribution < 1.29 is 9.13 Å². The van der Waals surface area contributed by atoms with Crippen LogP contribution in [0.25, 0.3) is 0 Å². The van der Waals surface area contributed by atoms with Crippen molar-refractivity contribution in [2.45, 2.75) is 6.42 Å². The van der Waals surface area contributed by atoms with Crippen LogP contribution in [0.5, 0.6) is 5.75 Å². The van der Waals surface area contributed by atoms with Crippen LogP contribution in [0.4, 0.5) is 4.39 Å². The molecule has 22 heavy (non-hydrogen) atoms. The number of rotatable bonds is 7. The van der Waals surface area contributed by atoms with Gasteiger partial charge in [0.05, 0.1) is 6.54 Å². The molecule has 1 heterocycles. The maximum atomic E-state index is 13.0. The molecule has 0 atom stereocenters. The summed E-state index contributed by atoms with van der Waals surface area (Å²) >= 11 is 1.75. The molecule has 0 spiro atoms. The molecule has 0 aliphatic carbocycles. The standard InChI is InChI=1S/C16H20FN3OS/c1-18-16(19-8-7-15-6-3-11-22-15)20-9-10-21-14-5-2-4-13(17)12-14/h2-6,11-12H,7-10H2,1H3,(H2,18,19,20). The van der Waals surface area contributed by atoms with Gasteiger partial charge in [-0.2, -0.15) is 0 Å². The fourth-order valence-corrected chi connectivity index (χ4v) is 2.58. The fraction of sp³-hybridized carbons (Fsp3) is 0.312. The van der Waals surface area contributed by atoms with E-state index in [0.29, 0.717) is 18.9 Å². The highest BCUT2D eigenvalue weighted by atomic mass is 32.1. The Morgan fingerprint density at radius 3 is 2.82 bits per heavy atom. The Labute approximate surface area is 134 Å². The van der Waals surface area contributed by atoms with Gasteiger partial charge >= 0.3 is 0 Å².